The van der Waals surface area contributed by atoms with Crippen LogP contribution in [0.25, 0.3) is 10.9 Å². The molecule has 0 unspecified atom stereocenters. The van der Waals surface area contributed by atoms with E-state index in [1.165, 1.54) is 16.6 Å². The summed E-state index contributed by atoms with van der Waals surface area (Å²) in [7, 11) is -3.22. The van der Waals surface area contributed by atoms with Gasteiger partial charge in [0.05, 0.1) is 11.8 Å². The van der Waals surface area contributed by atoms with Gasteiger partial charge in [0.15, 0.2) is 0 Å². The minimum atomic E-state index is -3.22. The van der Waals surface area contributed by atoms with Gasteiger partial charge in [-0.25, -0.2) is 36.3 Å². The highest BCUT2D eigenvalue weighted by Gasteiger charge is 2.50. The Hall–Kier alpha value is -2.60. The lowest BCUT2D eigenvalue weighted by molar-refractivity contribution is 0.0230. The Morgan fingerprint density at radius 2 is 1.87 bits per heavy atom. The minimum absolute atomic E-state index is 0.0218. The van der Waals surface area contributed by atoms with E-state index in [4.69, 9.17) is 9.72 Å². The van der Waals surface area contributed by atoms with Gasteiger partial charge in [-0.15, -0.1) is 0 Å². The molecule has 1 aromatic carbocycles. The lowest BCUT2D eigenvalue weighted by Crippen LogP contribution is -2.42. The highest BCUT2D eigenvalue weighted by atomic mass is 32.2. The van der Waals surface area contributed by atoms with E-state index in [2.05, 4.69) is 10.3 Å². The molecule has 1 amide bonds. The number of rotatable bonds is 5. The quantitative estimate of drug-likeness (QED) is 0.549. The Morgan fingerprint density at radius 3 is 2.49 bits per heavy atom. The molecule has 39 heavy (non-hydrogen) atoms. The second-order valence-corrected chi connectivity index (χ2v) is 14.4. The Kier molecular flexibility index (Phi) is 7.24. The van der Waals surface area contributed by atoms with Crippen molar-refractivity contribution in [1.29, 1.82) is 0 Å². The number of sulfonamides is 1. The number of likely N-dealkylation sites (tertiary alicyclic amines) is 1. The molecule has 1 aliphatic carbocycles. The number of piperidine rings is 1. The average molecular weight is 566 g/mol. The summed E-state index contributed by atoms with van der Waals surface area (Å²) in [5, 5.41) is 3.89. The number of amides is 1. The first-order valence-corrected chi connectivity index (χ1v) is 15.3. The zero-order valence-corrected chi connectivity index (χ0v) is 23.7. The number of anilines is 1. The number of nitrogens with one attached hydrogen (secondary N) is 1. The molecule has 2 saturated heterocycles. The van der Waals surface area contributed by atoms with E-state index in [1.54, 1.807) is 17.2 Å². The standard InChI is InChI=1S/C27H37F2N5O4S/c1-26(2,3)38-25(35)33-10-7-27(16-33)13-19(14-27)21-12-17(23(28)29)11-18-15-30-24(32-22(18)21)31-20-5-8-34(9-6-20)39(4,36)37/h11-12,15,19-20,23H,5-10,13-14,16H2,1-4H3,(H,30,31,32). The summed E-state index contributed by atoms with van der Waals surface area (Å²) in [6, 6.07) is 3.05. The van der Waals surface area contributed by atoms with Crippen LogP contribution in [0.15, 0.2) is 18.3 Å². The molecule has 0 atom stereocenters. The number of nitrogens with zero attached hydrogens (tertiary/aromatic N) is 4. The fraction of sp³-hybridized carbons (Fsp3) is 0.667. The van der Waals surface area contributed by atoms with Crippen LogP contribution < -0.4 is 5.32 Å². The molecule has 3 fully saturated rings. The van der Waals surface area contributed by atoms with Crippen LogP contribution in [0.1, 0.15) is 76.3 Å². The topological polar surface area (TPSA) is 105 Å². The highest BCUT2D eigenvalue weighted by molar-refractivity contribution is 7.88. The van der Waals surface area contributed by atoms with E-state index < -0.39 is 22.0 Å². The minimum Gasteiger partial charge on any atom is -0.444 e. The average Bonchev–Trinajstić information content (AvgIpc) is 3.27. The third kappa shape index (κ3) is 6.11. The van der Waals surface area contributed by atoms with Crippen molar-refractivity contribution in [2.24, 2.45) is 5.41 Å². The number of hydrogen-bond acceptors (Lipinski definition) is 7. The summed E-state index contributed by atoms with van der Waals surface area (Å²) in [6.45, 7) is 7.64. The number of alkyl halides is 2. The van der Waals surface area contributed by atoms with E-state index in [-0.39, 0.29) is 29.0 Å². The van der Waals surface area contributed by atoms with Crippen LogP contribution in [0.5, 0.6) is 0 Å². The third-order valence-electron chi connectivity index (χ3n) is 8.13. The predicted molar refractivity (Wildman–Crippen MR) is 144 cm³/mol. The van der Waals surface area contributed by atoms with Crippen LogP contribution in [0.2, 0.25) is 0 Å². The molecular formula is C27H37F2N5O4S. The first kappa shape index (κ1) is 27.9. The third-order valence-corrected chi connectivity index (χ3v) is 9.43. The molecule has 3 aliphatic rings. The van der Waals surface area contributed by atoms with Gasteiger partial charge < -0.3 is 15.0 Å². The molecule has 5 rings (SSSR count). The first-order valence-electron chi connectivity index (χ1n) is 13.5. The van der Waals surface area contributed by atoms with Crippen molar-refractivity contribution in [2.75, 3.05) is 37.8 Å². The lowest BCUT2D eigenvalue weighted by Gasteiger charge is -2.45. The number of ether oxygens (including phenoxy) is 1. The monoisotopic (exact) mass is 565 g/mol. The number of benzene rings is 1. The smallest absolute Gasteiger partial charge is 0.410 e. The summed E-state index contributed by atoms with van der Waals surface area (Å²) in [4.78, 5) is 23.5. The van der Waals surface area contributed by atoms with Crippen molar-refractivity contribution >= 4 is 33.0 Å². The van der Waals surface area contributed by atoms with Gasteiger partial charge in [0, 0.05) is 49.4 Å². The van der Waals surface area contributed by atoms with Crippen LogP contribution in [-0.4, -0.2) is 77.8 Å². The molecule has 12 heteroatoms. The van der Waals surface area contributed by atoms with Crippen molar-refractivity contribution in [3.05, 3.63) is 29.5 Å². The van der Waals surface area contributed by atoms with Gasteiger partial charge >= 0.3 is 6.09 Å². The molecule has 2 aliphatic heterocycles. The van der Waals surface area contributed by atoms with Crippen LogP contribution >= 0.6 is 0 Å². The van der Waals surface area contributed by atoms with Gasteiger partial charge in [-0.3, -0.25) is 0 Å². The van der Waals surface area contributed by atoms with E-state index >= 15 is 0 Å². The van der Waals surface area contributed by atoms with Crippen molar-refractivity contribution < 1.29 is 26.7 Å². The van der Waals surface area contributed by atoms with Gasteiger partial charge in [-0.05, 0) is 81.9 Å². The van der Waals surface area contributed by atoms with E-state index in [9.17, 15) is 22.0 Å². The first-order chi connectivity index (χ1) is 18.2. The molecule has 0 radical (unpaired) electrons. The zero-order chi connectivity index (χ0) is 28.2. The number of carbonyl (C=O) groups is 1. The summed E-state index contributed by atoms with van der Waals surface area (Å²) < 4.78 is 58.2. The van der Waals surface area contributed by atoms with Crippen molar-refractivity contribution in [1.82, 2.24) is 19.2 Å². The van der Waals surface area contributed by atoms with E-state index in [0.29, 0.717) is 55.9 Å². The van der Waals surface area contributed by atoms with Crippen LogP contribution in [0.4, 0.5) is 19.5 Å². The Balaban J connectivity index is 1.32. The highest BCUT2D eigenvalue weighted by Crippen LogP contribution is 2.57. The van der Waals surface area contributed by atoms with Gasteiger partial charge in [0.2, 0.25) is 16.0 Å². The maximum atomic E-state index is 13.8. The molecular weight excluding hydrogens is 528 g/mol. The lowest BCUT2D eigenvalue weighted by atomic mass is 9.59. The van der Waals surface area contributed by atoms with Crippen LogP contribution in [0, 0.1) is 5.41 Å². The van der Waals surface area contributed by atoms with Gasteiger partial charge in [0.25, 0.3) is 6.43 Å². The summed E-state index contributed by atoms with van der Waals surface area (Å²) in [5.41, 5.74) is 0.822. The van der Waals surface area contributed by atoms with Gasteiger partial charge in [0.1, 0.15) is 5.60 Å². The second-order valence-electron chi connectivity index (χ2n) is 12.4. The fourth-order valence-electron chi connectivity index (χ4n) is 6.17. The number of carbonyl (C=O) groups excluding carboxylic acids is 1. The molecule has 1 saturated carbocycles. The molecule has 1 N–H and O–H groups in total. The maximum Gasteiger partial charge on any atom is 0.410 e. The molecule has 1 spiro atoms. The SMILES string of the molecule is CC(C)(C)OC(=O)N1CCC2(CC(c3cc(C(F)F)cc4cnc(NC5CCN(S(C)(=O)=O)CC5)nc34)C2)C1. The molecule has 3 heterocycles. The van der Waals surface area contributed by atoms with Crippen molar-refractivity contribution in [3.63, 3.8) is 0 Å². The van der Waals surface area contributed by atoms with Crippen molar-refractivity contribution in [3.8, 4) is 0 Å². The Morgan fingerprint density at radius 1 is 1.18 bits per heavy atom. The Labute approximate surface area is 228 Å². The largest absolute Gasteiger partial charge is 0.444 e. The molecule has 2 aromatic rings. The van der Waals surface area contributed by atoms with Crippen LogP contribution in [-0.2, 0) is 14.8 Å². The fourth-order valence-corrected chi connectivity index (χ4v) is 7.05. The van der Waals surface area contributed by atoms with Gasteiger partial charge in [-0.1, -0.05) is 0 Å². The molecule has 214 valence electrons. The summed E-state index contributed by atoms with van der Waals surface area (Å²) in [5.74, 6) is 0.475. The normalized spacial score (nSPS) is 24.9. The molecule has 9 nitrogen and oxygen atoms in total. The van der Waals surface area contributed by atoms with Gasteiger partial charge in [-0.2, -0.15) is 0 Å². The maximum absolute atomic E-state index is 13.8. The van der Waals surface area contributed by atoms with E-state index in [1.807, 2.05) is 20.8 Å². The number of hydrogen-bond donors (Lipinski definition) is 1. The number of aromatic nitrogens is 2. The summed E-state index contributed by atoms with van der Waals surface area (Å²) in [6.07, 6.45) is 3.61. The second kappa shape index (κ2) is 10.1. The molecule has 1 aromatic heterocycles. The van der Waals surface area contributed by atoms with Crippen LogP contribution in [0.3, 0.4) is 0 Å². The molecule has 0 bridgehead atoms. The van der Waals surface area contributed by atoms with E-state index in [0.717, 1.165) is 24.8 Å². The van der Waals surface area contributed by atoms with Crippen molar-refractivity contribution in [2.45, 2.75) is 76.9 Å². The number of halogens is 2. The number of fused-ring (bicyclic) bond motifs is 1. The predicted octanol–water partition coefficient (Wildman–Crippen LogP) is 4.91. The Bertz CT molecular complexity index is 1350. The zero-order valence-electron chi connectivity index (χ0n) is 22.9. The summed E-state index contributed by atoms with van der Waals surface area (Å²) >= 11 is 0.